The van der Waals surface area contributed by atoms with Gasteiger partial charge in [-0.3, -0.25) is 4.98 Å². The number of methoxy groups -OCH3 is 1. The van der Waals surface area contributed by atoms with Gasteiger partial charge >= 0.3 is 0 Å². The second-order valence-corrected chi connectivity index (χ2v) is 5.19. The summed E-state index contributed by atoms with van der Waals surface area (Å²) < 4.78 is 11.2. The lowest BCUT2D eigenvalue weighted by molar-refractivity contribution is 0.298. The second-order valence-electron chi connectivity index (χ2n) is 5.19. The Morgan fingerprint density at radius 1 is 1.19 bits per heavy atom. The zero-order valence-electron chi connectivity index (χ0n) is 13.0. The van der Waals surface area contributed by atoms with Crippen molar-refractivity contribution in [3.05, 3.63) is 52.8 Å². The molecule has 0 bridgehead atoms. The van der Waals surface area contributed by atoms with Crippen molar-refractivity contribution in [3.8, 4) is 11.5 Å². The molecule has 112 valence electrons. The van der Waals surface area contributed by atoms with Gasteiger partial charge in [0.2, 0.25) is 0 Å². The smallest absolute Gasteiger partial charge is 0.131 e. The van der Waals surface area contributed by atoms with Crippen molar-refractivity contribution in [1.29, 1.82) is 0 Å². The minimum atomic E-state index is 0.0318. The van der Waals surface area contributed by atoms with Gasteiger partial charge in [-0.25, -0.2) is 0 Å². The molecule has 0 saturated heterocycles. The van der Waals surface area contributed by atoms with Crippen LogP contribution in [-0.4, -0.2) is 12.1 Å². The van der Waals surface area contributed by atoms with Crippen LogP contribution in [0.5, 0.6) is 11.5 Å². The maximum Gasteiger partial charge on any atom is 0.131 e. The molecule has 0 aliphatic carbocycles. The summed E-state index contributed by atoms with van der Waals surface area (Å²) in [6.07, 6.45) is 1.81. The van der Waals surface area contributed by atoms with E-state index in [1.807, 2.05) is 51.2 Å². The number of aromatic nitrogens is 1. The van der Waals surface area contributed by atoms with Crippen LogP contribution in [0.4, 0.5) is 0 Å². The van der Waals surface area contributed by atoms with E-state index in [0.29, 0.717) is 6.61 Å². The number of rotatable bonds is 5. The fraction of sp³-hybridized carbons (Fsp3) is 0.353. The first-order valence-corrected chi connectivity index (χ1v) is 7.00. The zero-order chi connectivity index (χ0) is 15.4. The molecule has 1 aromatic carbocycles. The molecule has 4 heteroatoms. The molecule has 1 aromatic heterocycles. The summed E-state index contributed by atoms with van der Waals surface area (Å²) in [5.74, 6) is 1.68. The molecule has 2 rings (SSSR count). The summed E-state index contributed by atoms with van der Waals surface area (Å²) in [7, 11) is 1.67. The van der Waals surface area contributed by atoms with Crippen LogP contribution in [0.2, 0.25) is 0 Å². The average Bonchev–Trinajstić information content (AvgIpc) is 2.47. The molecule has 0 radical (unpaired) electrons. The highest BCUT2D eigenvalue weighted by Crippen LogP contribution is 2.25. The molecular weight excluding hydrogens is 264 g/mol. The lowest BCUT2D eigenvalue weighted by atomic mass is 10.1. The fourth-order valence-electron chi connectivity index (χ4n) is 2.24. The molecular formula is C17H22N2O2. The zero-order valence-corrected chi connectivity index (χ0v) is 13.0. The van der Waals surface area contributed by atoms with Crippen LogP contribution >= 0.6 is 0 Å². The topological polar surface area (TPSA) is 57.4 Å². The summed E-state index contributed by atoms with van der Waals surface area (Å²) in [5.41, 5.74) is 9.85. The fourth-order valence-corrected chi connectivity index (χ4v) is 2.24. The predicted octanol–water partition coefficient (Wildman–Crippen LogP) is 3.31. The number of ether oxygens (including phenoxy) is 2. The number of aryl methyl sites for hydroxylation is 1. The lowest BCUT2D eigenvalue weighted by Crippen LogP contribution is -2.05. The number of nitrogens with two attached hydrogens (primary N) is 1. The standard InChI is InChI=1S/C17H22N2O2/c1-11-9-19-16(12(2)17(11)20-4)10-21-15-7-5-14(6-8-15)13(3)18/h5-9,13H,10,18H2,1-4H3/t13-/m1/s1. The van der Waals surface area contributed by atoms with E-state index < -0.39 is 0 Å². The maximum absolute atomic E-state index is 5.83. The van der Waals surface area contributed by atoms with Gasteiger partial charge in [0.1, 0.15) is 18.1 Å². The SMILES string of the molecule is COc1c(C)cnc(COc2ccc([C@@H](C)N)cc2)c1C. The van der Waals surface area contributed by atoms with Gasteiger partial charge in [0, 0.05) is 23.4 Å². The molecule has 0 aliphatic heterocycles. The summed E-state index contributed by atoms with van der Waals surface area (Å²) in [5, 5.41) is 0. The number of hydrogen-bond acceptors (Lipinski definition) is 4. The van der Waals surface area contributed by atoms with Crippen molar-refractivity contribution in [3.63, 3.8) is 0 Å². The third-order valence-corrected chi connectivity index (χ3v) is 3.53. The molecule has 2 aromatic rings. The van der Waals surface area contributed by atoms with Gasteiger partial charge in [-0.15, -0.1) is 0 Å². The number of hydrogen-bond donors (Lipinski definition) is 1. The van der Waals surface area contributed by atoms with E-state index in [1.54, 1.807) is 7.11 Å². The highest BCUT2D eigenvalue weighted by molar-refractivity contribution is 5.41. The first-order chi connectivity index (χ1) is 10.0. The predicted molar refractivity (Wildman–Crippen MR) is 83.6 cm³/mol. The lowest BCUT2D eigenvalue weighted by Gasteiger charge is -2.13. The van der Waals surface area contributed by atoms with Crippen LogP contribution in [-0.2, 0) is 6.61 Å². The van der Waals surface area contributed by atoms with Crippen molar-refractivity contribution in [1.82, 2.24) is 4.98 Å². The largest absolute Gasteiger partial charge is 0.496 e. The third kappa shape index (κ3) is 3.52. The average molecular weight is 286 g/mol. The van der Waals surface area contributed by atoms with E-state index in [4.69, 9.17) is 15.2 Å². The van der Waals surface area contributed by atoms with E-state index in [2.05, 4.69) is 4.98 Å². The van der Waals surface area contributed by atoms with Gasteiger partial charge in [0.15, 0.2) is 0 Å². The molecule has 0 fully saturated rings. The Bertz CT molecular complexity index is 607. The molecule has 2 N–H and O–H groups in total. The van der Waals surface area contributed by atoms with Crippen molar-refractivity contribution in [2.75, 3.05) is 7.11 Å². The van der Waals surface area contributed by atoms with Crippen molar-refractivity contribution >= 4 is 0 Å². The summed E-state index contributed by atoms with van der Waals surface area (Å²) >= 11 is 0. The van der Waals surface area contributed by atoms with E-state index in [1.165, 1.54) is 0 Å². The molecule has 0 amide bonds. The van der Waals surface area contributed by atoms with Gasteiger partial charge in [0.05, 0.1) is 12.8 Å². The first kappa shape index (κ1) is 15.3. The minimum Gasteiger partial charge on any atom is -0.496 e. The van der Waals surface area contributed by atoms with Crippen LogP contribution in [0.15, 0.2) is 30.5 Å². The van der Waals surface area contributed by atoms with Crippen LogP contribution in [0.25, 0.3) is 0 Å². The Kier molecular flexibility index (Phi) is 4.81. The Labute approximate surface area is 125 Å². The number of benzene rings is 1. The second kappa shape index (κ2) is 6.59. The van der Waals surface area contributed by atoms with Crippen LogP contribution in [0.1, 0.15) is 35.3 Å². The van der Waals surface area contributed by atoms with Crippen molar-refractivity contribution in [2.24, 2.45) is 5.73 Å². The van der Waals surface area contributed by atoms with E-state index in [0.717, 1.165) is 33.9 Å². The van der Waals surface area contributed by atoms with Gasteiger partial charge in [-0.1, -0.05) is 12.1 Å². The quantitative estimate of drug-likeness (QED) is 0.916. The van der Waals surface area contributed by atoms with Crippen molar-refractivity contribution < 1.29 is 9.47 Å². The normalized spacial score (nSPS) is 12.0. The summed E-state index contributed by atoms with van der Waals surface area (Å²) in [6, 6.07) is 7.86. The monoisotopic (exact) mass is 286 g/mol. The summed E-state index contributed by atoms with van der Waals surface area (Å²) in [6.45, 7) is 6.36. The Balaban J connectivity index is 2.09. The van der Waals surface area contributed by atoms with E-state index >= 15 is 0 Å². The van der Waals surface area contributed by atoms with Crippen LogP contribution in [0, 0.1) is 13.8 Å². The van der Waals surface area contributed by atoms with E-state index in [9.17, 15) is 0 Å². The molecule has 1 atom stereocenters. The highest BCUT2D eigenvalue weighted by Gasteiger charge is 2.10. The molecule has 0 unspecified atom stereocenters. The third-order valence-electron chi connectivity index (χ3n) is 3.53. The minimum absolute atomic E-state index is 0.0318. The van der Waals surface area contributed by atoms with Gasteiger partial charge in [-0.2, -0.15) is 0 Å². The molecule has 0 aliphatic rings. The Hall–Kier alpha value is -2.07. The van der Waals surface area contributed by atoms with Crippen molar-refractivity contribution in [2.45, 2.75) is 33.4 Å². The molecule has 21 heavy (non-hydrogen) atoms. The Morgan fingerprint density at radius 2 is 1.86 bits per heavy atom. The van der Waals surface area contributed by atoms with Gasteiger partial charge < -0.3 is 15.2 Å². The maximum atomic E-state index is 5.83. The Morgan fingerprint density at radius 3 is 2.43 bits per heavy atom. The van der Waals surface area contributed by atoms with Crippen LogP contribution in [0.3, 0.4) is 0 Å². The van der Waals surface area contributed by atoms with E-state index in [-0.39, 0.29) is 6.04 Å². The molecule has 0 spiro atoms. The molecule has 0 saturated carbocycles. The van der Waals surface area contributed by atoms with Crippen LogP contribution < -0.4 is 15.2 Å². The van der Waals surface area contributed by atoms with Gasteiger partial charge in [-0.05, 0) is 38.5 Å². The first-order valence-electron chi connectivity index (χ1n) is 7.00. The molecule has 4 nitrogen and oxygen atoms in total. The van der Waals surface area contributed by atoms with Gasteiger partial charge in [0.25, 0.3) is 0 Å². The number of nitrogens with zero attached hydrogens (tertiary/aromatic N) is 1. The molecule has 1 heterocycles. The highest BCUT2D eigenvalue weighted by atomic mass is 16.5. The summed E-state index contributed by atoms with van der Waals surface area (Å²) in [4.78, 5) is 4.42. The number of pyridine rings is 1.